The molecule has 0 spiro atoms. The van der Waals surface area contributed by atoms with Crippen molar-refractivity contribution in [3.63, 3.8) is 0 Å². The quantitative estimate of drug-likeness (QED) is 0.858. The summed E-state index contributed by atoms with van der Waals surface area (Å²) in [7, 11) is 0. The zero-order valence-corrected chi connectivity index (χ0v) is 15.7. The SMILES string of the molecule is Cc1nn(Cc2ccccc2)c(C)c1CNC(=O)C1(N)CCCC1.Cl. The number of rotatable bonds is 5. The fraction of sp³-hybridized carbons (Fsp3) is 0.474. The first-order valence-electron chi connectivity index (χ1n) is 8.63. The normalized spacial score (nSPS) is 15.6. The first-order chi connectivity index (χ1) is 11.5. The number of benzene rings is 1. The van der Waals surface area contributed by atoms with Crippen molar-refractivity contribution in [3.8, 4) is 0 Å². The number of nitrogens with zero attached hydrogens (tertiary/aromatic N) is 2. The largest absolute Gasteiger partial charge is 0.350 e. The third kappa shape index (κ3) is 4.22. The number of hydrogen-bond donors (Lipinski definition) is 2. The van der Waals surface area contributed by atoms with Gasteiger partial charge in [0, 0.05) is 17.8 Å². The topological polar surface area (TPSA) is 72.9 Å². The van der Waals surface area contributed by atoms with Crippen LogP contribution in [0.15, 0.2) is 30.3 Å². The Morgan fingerprint density at radius 3 is 2.52 bits per heavy atom. The molecule has 3 N–H and O–H groups in total. The monoisotopic (exact) mass is 362 g/mol. The second-order valence-electron chi connectivity index (χ2n) is 6.84. The van der Waals surface area contributed by atoms with Gasteiger partial charge in [0.05, 0.1) is 17.8 Å². The molecular weight excluding hydrogens is 336 g/mol. The molecule has 1 aromatic heterocycles. The van der Waals surface area contributed by atoms with E-state index in [-0.39, 0.29) is 18.3 Å². The van der Waals surface area contributed by atoms with E-state index in [0.717, 1.165) is 49.2 Å². The van der Waals surface area contributed by atoms with E-state index >= 15 is 0 Å². The van der Waals surface area contributed by atoms with Crippen LogP contribution in [0.5, 0.6) is 0 Å². The van der Waals surface area contributed by atoms with Crippen LogP contribution in [-0.4, -0.2) is 21.2 Å². The fourth-order valence-corrected chi connectivity index (χ4v) is 3.48. The highest BCUT2D eigenvalue weighted by molar-refractivity contribution is 5.86. The number of nitrogens with one attached hydrogen (secondary N) is 1. The molecule has 0 atom stereocenters. The van der Waals surface area contributed by atoms with Gasteiger partial charge in [-0.3, -0.25) is 9.48 Å². The molecule has 1 saturated carbocycles. The van der Waals surface area contributed by atoms with Crippen LogP contribution in [0.2, 0.25) is 0 Å². The molecule has 3 rings (SSSR count). The predicted molar refractivity (Wildman–Crippen MR) is 102 cm³/mol. The maximum atomic E-state index is 12.4. The van der Waals surface area contributed by atoms with Crippen molar-refractivity contribution in [1.82, 2.24) is 15.1 Å². The predicted octanol–water partition coefficient (Wildman–Crippen LogP) is 2.86. The lowest BCUT2D eigenvalue weighted by Gasteiger charge is -2.22. The highest BCUT2D eigenvalue weighted by Gasteiger charge is 2.36. The van der Waals surface area contributed by atoms with Crippen molar-refractivity contribution in [2.45, 2.75) is 58.2 Å². The van der Waals surface area contributed by atoms with Crippen molar-refractivity contribution < 1.29 is 4.79 Å². The summed E-state index contributed by atoms with van der Waals surface area (Å²) < 4.78 is 2.00. The number of aryl methyl sites for hydroxylation is 1. The molecular formula is C19H27ClN4O. The van der Waals surface area contributed by atoms with Crippen molar-refractivity contribution >= 4 is 18.3 Å². The Labute approximate surface area is 155 Å². The van der Waals surface area contributed by atoms with Crippen LogP contribution in [-0.2, 0) is 17.9 Å². The minimum atomic E-state index is -0.679. The molecule has 1 fully saturated rings. The molecule has 0 aliphatic heterocycles. The lowest BCUT2D eigenvalue weighted by molar-refractivity contribution is -0.126. The molecule has 1 amide bonds. The van der Waals surface area contributed by atoms with Gasteiger partial charge < -0.3 is 11.1 Å². The van der Waals surface area contributed by atoms with Gasteiger partial charge in [-0.1, -0.05) is 43.2 Å². The van der Waals surface area contributed by atoms with E-state index in [2.05, 4.69) is 29.5 Å². The standard InChI is InChI=1S/C19H26N4O.ClH/c1-14-17(12-21-18(24)19(20)10-6-7-11-19)15(2)23(22-14)13-16-8-4-3-5-9-16;/h3-5,8-9H,6-7,10-13,20H2,1-2H3,(H,21,24);1H. The Morgan fingerprint density at radius 1 is 1.24 bits per heavy atom. The number of carbonyl (C=O) groups is 1. The van der Waals surface area contributed by atoms with E-state index in [1.54, 1.807) is 0 Å². The summed E-state index contributed by atoms with van der Waals surface area (Å²) in [6.45, 7) is 5.27. The molecule has 136 valence electrons. The maximum Gasteiger partial charge on any atom is 0.240 e. The van der Waals surface area contributed by atoms with Crippen molar-refractivity contribution in [3.05, 3.63) is 52.8 Å². The number of aromatic nitrogens is 2. The van der Waals surface area contributed by atoms with E-state index in [9.17, 15) is 4.79 Å². The Morgan fingerprint density at radius 2 is 1.88 bits per heavy atom. The van der Waals surface area contributed by atoms with Gasteiger partial charge in [0.2, 0.25) is 5.91 Å². The Hall–Kier alpha value is -1.85. The van der Waals surface area contributed by atoms with E-state index in [1.807, 2.05) is 29.8 Å². The molecule has 25 heavy (non-hydrogen) atoms. The molecule has 1 aromatic carbocycles. The molecule has 6 heteroatoms. The van der Waals surface area contributed by atoms with Crippen LogP contribution in [0.1, 0.15) is 48.2 Å². The summed E-state index contributed by atoms with van der Waals surface area (Å²) in [4.78, 5) is 12.4. The molecule has 1 aliphatic rings. The number of amides is 1. The Balaban J connectivity index is 0.00000225. The van der Waals surface area contributed by atoms with Crippen molar-refractivity contribution in [1.29, 1.82) is 0 Å². The molecule has 0 unspecified atom stereocenters. The highest BCUT2D eigenvalue weighted by atomic mass is 35.5. The molecule has 5 nitrogen and oxygen atoms in total. The smallest absolute Gasteiger partial charge is 0.240 e. The van der Waals surface area contributed by atoms with Crippen LogP contribution >= 0.6 is 12.4 Å². The van der Waals surface area contributed by atoms with E-state index < -0.39 is 5.54 Å². The molecule has 2 aromatic rings. The number of hydrogen-bond acceptors (Lipinski definition) is 3. The zero-order chi connectivity index (χ0) is 17.2. The molecule has 0 saturated heterocycles. The van der Waals surface area contributed by atoms with Crippen LogP contribution in [0, 0.1) is 13.8 Å². The lowest BCUT2D eigenvalue weighted by Crippen LogP contribution is -2.51. The van der Waals surface area contributed by atoms with Gasteiger partial charge in [0.15, 0.2) is 0 Å². The highest BCUT2D eigenvalue weighted by Crippen LogP contribution is 2.27. The average Bonchev–Trinajstić information content (AvgIpc) is 3.12. The first-order valence-corrected chi connectivity index (χ1v) is 8.63. The summed E-state index contributed by atoms with van der Waals surface area (Å²) >= 11 is 0. The van der Waals surface area contributed by atoms with Crippen LogP contribution < -0.4 is 11.1 Å². The number of carbonyl (C=O) groups excluding carboxylic acids is 1. The number of halogens is 1. The van der Waals surface area contributed by atoms with E-state index in [1.165, 1.54) is 5.56 Å². The molecule has 1 heterocycles. The molecule has 0 bridgehead atoms. The van der Waals surface area contributed by atoms with Gasteiger partial charge in [0.25, 0.3) is 0 Å². The van der Waals surface area contributed by atoms with Crippen LogP contribution in [0.4, 0.5) is 0 Å². The maximum absolute atomic E-state index is 12.4. The first kappa shape index (κ1) is 19.5. The minimum Gasteiger partial charge on any atom is -0.350 e. The lowest BCUT2D eigenvalue weighted by atomic mass is 9.98. The number of nitrogens with two attached hydrogens (primary N) is 1. The zero-order valence-electron chi connectivity index (χ0n) is 14.9. The summed E-state index contributed by atoms with van der Waals surface area (Å²) in [5, 5.41) is 7.66. The fourth-order valence-electron chi connectivity index (χ4n) is 3.48. The van der Waals surface area contributed by atoms with Gasteiger partial charge in [-0.25, -0.2) is 0 Å². The molecule has 1 aliphatic carbocycles. The summed E-state index contributed by atoms with van der Waals surface area (Å²) in [5.41, 5.74) is 9.89. The summed E-state index contributed by atoms with van der Waals surface area (Å²) in [6.07, 6.45) is 3.64. The average molecular weight is 363 g/mol. The third-order valence-electron chi connectivity index (χ3n) is 5.08. The van der Waals surface area contributed by atoms with Crippen LogP contribution in [0.3, 0.4) is 0 Å². The molecule has 0 radical (unpaired) electrons. The van der Waals surface area contributed by atoms with Crippen molar-refractivity contribution in [2.24, 2.45) is 5.73 Å². The Bertz CT molecular complexity index is 721. The van der Waals surface area contributed by atoms with Gasteiger partial charge >= 0.3 is 0 Å². The second-order valence-corrected chi connectivity index (χ2v) is 6.84. The van der Waals surface area contributed by atoms with E-state index in [4.69, 9.17) is 5.73 Å². The second kappa shape index (κ2) is 8.02. The van der Waals surface area contributed by atoms with Crippen molar-refractivity contribution in [2.75, 3.05) is 0 Å². The Kier molecular flexibility index (Phi) is 6.25. The summed E-state index contributed by atoms with van der Waals surface area (Å²) in [5.74, 6) is -0.0328. The summed E-state index contributed by atoms with van der Waals surface area (Å²) in [6, 6.07) is 10.3. The van der Waals surface area contributed by atoms with E-state index in [0.29, 0.717) is 6.54 Å². The van der Waals surface area contributed by atoms with Crippen LogP contribution in [0.25, 0.3) is 0 Å². The van der Waals surface area contributed by atoms with Gasteiger partial charge in [-0.05, 0) is 32.3 Å². The van der Waals surface area contributed by atoms with Gasteiger partial charge in [-0.2, -0.15) is 5.10 Å². The van der Waals surface area contributed by atoms with Gasteiger partial charge in [0.1, 0.15) is 0 Å². The van der Waals surface area contributed by atoms with Gasteiger partial charge in [-0.15, -0.1) is 12.4 Å². The third-order valence-corrected chi connectivity index (χ3v) is 5.08. The minimum absolute atomic E-state index is 0.